The Bertz CT molecular complexity index is 395. The van der Waals surface area contributed by atoms with E-state index in [0.29, 0.717) is 13.2 Å². The number of rotatable bonds is 3. The lowest BCUT2D eigenvalue weighted by molar-refractivity contribution is -0.0796. The third-order valence-electron chi connectivity index (χ3n) is 3.11. The van der Waals surface area contributed by atoms with E-state index < -0.39 is 0 Å². The van der Waals surface area contributed by atoms with Crippen LogP contribution in [0, 0.1) is 13.8 Å². The Labute approximate surface area is 95.7 Å². The molecule has 1 saturated heterocycles. The van der Waals surface area contributed by atoms with Crippen LogP contribution in [0.4, 0.5) is 0 Å². The first kappa shape index (κ1) is 11.4. The second-order valence-corrected chi connectivity index (χ2v) is 4.38. The first-order valence-electron chi connectivity index (χ1n) is 5.34. The van der Waals surface area contributed by atoms with Crippen molar-refractivity contribution in [1.29, 1.82) is 0 Å². The smallest absolute Gasteiger partial charge is 0.127 e. The van der Waals surface area contributed by atoms with Crippen LogP contribution >= 0.6 is 0 Å². The van der Waals surface area contributed by atoms with Gasteiger partial charge in [0.25, 0.3) is 0 Å². The maximum absolute atomic E-state index is 5.64. The van der Waals surface area contributed by atoms with Gasteiger partial charge in [-0.1, -0.05) is 17.7 Å². The van der Waals surface area contributed by atoms with E-state index >= 15 is 0 Å². The van der Waals surface area contributed by atoms with Crippen LogP contribution in [0.25, 0.3) is 0 Å². The van der Waals surface area contributed by atoms with Gasteiger partial charge in [0, 0.05) is 5.56 Å². The fourth-order valence-corrected chi connectivity index (χ4v) is 2.20. The third kappa shape index (κ3) is 1.59. The zero-order chi connectivity index (χ0) is 11.8. The summed E-state index contributed by atoms with van der Waals surface area (Å²) in [5, 5.41) is 0. The van der Waals surface area contributed by atoms with E-state index in [1.807, 2.05) is 6.92 Å². The predicted octanol–water partition coefficient (Wildman–Crippen LogP) is 1.00. The Morgan fingerprint density at radius 1 is 1.38 bits per heavy atom. The van der Waals surface area contributed by atoms with Gasteiger partial charge < -0.3 is 9.47 Å². The van der Waals surface area contributed by atoms with Crippen molar-refractivity contribution in [2.75, 3.05) is 20.3 Å². The highest BCUT2D eigenvalue weighted by Crippen LogP contribution is 2.37. The quantitative estimate of drug-likeness (QED) is 0.592. The van der Waals surface area contributed by atoms with E-state index in [1.165, 1.54) is 5.56 Å². The van der Waals surface area contributed by atoms with Crippen molar-refractivity contribution >= 4 is 0 Å². The lowest BCUT2D eigenvalue weighted by Crippen LogP contribution is -2.60. The van der Waals surface area contributed by atoms with E-state index in [-0.39, 0.29) is 5.54 Å². The minimum Gasteiger partial charge on any atom is -0.496 e. The van der Waals surface area contributed by atoms with Gasteiger partial charge in [-0.05, 0) is 19.4 Å². The molecular formula is C12H18N2O2. The Hall–Kier alpha value is -1.10. The monoisotopic (exact) mass is 222 g/mol. The summed E-state index contributed by atoms with van der Waals surface area (Å²) in [7, 11) is 1.69. The van der Waals surface area contributed by atoms with Gasteiger partial charge in [0.15, 0.2) is 0 Å². The SMILES string of the molecule is COc1c(C)cc(C)cc1C1(NN)COC1. The van der Waals surface area contributed by atoms with Crippen LogP contribution < -0.4 is 16.0 Å². The van der Waals surface area contributed by atoms with Gasteiger partial charge in [-0.3, -0.25) is 5.84 Å². The molecule has 0 radical (unpaired) electrons. The van der Waals surface area contributed by atoms with E-state index in [1.54, 1.807) is 7.11 Å². The standard InChI is InChI=1S/C12H18N2O2/c1-8-4-9(2)11(15-3)10(5-8)12(14-13)6-16-7-12/h4-5,14H,6-7,13H2,1-3H3. The number of aryl methyl sites for hydroxylation is 2. The van der Waals surface area contributed by atoms with E-state index in [2.05, 4.69) is 24.5 Å². The summed E-state index contributed by atoms with van der Waals surface area (Å²) in [6, 6.07) is 4.21. The first-order valence-corrected chi connectivity index (χ1v) is 5.34. The molecule has 3 N–H and O–H groups in total. The fourth-order valence-electron chi connectivity index (χ4n) is 2.20. The summed E-state index contributed by atoms with van der Waals surface area (Å²) in [5.74, 6) is 6.53. The van der Waals surface area contributed by atoms with Crippen LogP contribution in [0.3, 0.4) is 0 Å². The van der Waals surface area contributed by atoms with Crippen LogP contribution in [0.2, 0.25) is 0 Å². The highest BCUT2D eigenvalue weighted by atomic mass is 16.5. The Balaban J connectivity index is 2.53. The van der Waals surface area contributed by atoms with E-state index in [9.17, 15) is 0 Å². The molecule has 0 atom stereocenters. The van der Waals surface area contributed by atoms with Gasteiger partial charge in [0.05, 0.1) is 20.3 Å². The third-order valence-corrected chi connectivity index (χ3v) is 3.11. The molecule has 88 valence electrons. The van der Waals surface area contributed by atoms with Crippen molar-refractivity contribution in [2.45, 2.75) is 19.4 Å². The number of hydrogen-bond acceptors (Lipinski definition) is 4. The Morgan fingerprint density at radius 3 is 2.50 bits per heavy atom. The van der Waals surface area contributed by atoms with Crippen LogP contribution in [0.5, 0.6) is 5.75 Å². The summed E-state index contributed by atoms with van der Waals surface area (Å²) >= 11 is 0. The van der Waals surface area contributed by atoms with Crippen LogP contribution in [0.1, 0.15) is 16.7 Å². The Kier molecular flexibility index (Phi) is 2.88. The van der Waals surface area contributed by atoms with Crippen LogP contribution in [0.15, 0.2) is 12.1 Å². The number of hydrazine groups is 1. The maximum atomic E-state index is 5.64. The molecule has 16 heavy (non-hydrogen) atoms. The molecule has 1 aromatic carbocycles. The topological polar surface area (TPSA) is 56.5 Å². The minimum atomic E-state index is -0.290. The number of methoxy groups -OCH3 is 1. The zero-order valence-corrected chi connectivity index (χ0v) is 9.96. The molecule has 4 heteroatoms. The summed E-state index contributed by atoms with van der Waals surface area (Å²) in [5.41, 5.74) is 5.98. The van der Waals surface area contributed by atoms with Crippen molar-refractivity contribution in [1.82, 2.24) is 5.43 Å². The molecule has 0 aromatic heterocycles. The number of nitrogens with two attached hydrogens (primary N) is 1. The van der Waals surface area contributed by atoms with Crippen molar-refractivity contribution < 1.29 is 9.47 Å². The van der Waals surface area contributed by atoms with E-state index in [4.69, 9.17) is 15.3 Å². The zero-order valence-electron chi connectivity index (χ0n) is 9.96. The second-order valence-electron chi connectivity index (χ2n) is 4.38. The highest BCUT2D eigenvalue weighted by Gasteiger charge is 2.42. The molecule has 0 spiro atoms. The van der Waals surface area contributed by atoms with Gasteiger partial charge in [0.2, 0.25) is 0 Å². The van der Waals surface area contributed by atoms with Gasteiger partial charge in [-0.15, -0.1) is 0 Å². The minimum absolute atomic E-state index is 0.290. The molecular weight excluding hydrogens is 204 g/mol. The van der Waals surface area contributed by atoms with Crippen molar-refractivity contribution in [3.05, 3.63) is 28.8 Å². The Morgan fingerprint density at radius 2 is 2.06 bits per heavy atom. The summed E-state index contributed by atoms with van der Waals surface area (Å²) in [4.78, 5) is 0. The molecule has 0 saturated carbocycles. The molecule has 1 aromatic rings. The molecule has 0 amide bonds. The average molecular weight is 222 g/mol. The molecule has 4 nitrogen and oxygen atoms in total. The number of ether oxygens (including phenoxy) is 2. The number of hydrogen-bond donors (Lipinski definition) is 2. The van der Waals surface area contributed by atoms with Gasteiger partial charge in [-0.25, -0.2) is 5.43 Å². The fraction of sp³-hybridized carbons (Fsp3) is 0.500. The lowest BCUT2D eigenvalue weighted by Gasteiger charge is -2.42. The van der Waals surface area contributed by atoms with Crippen molar-refractivity contribution in [2.24, 2.45) is 5.84 Å². The van der Waals surface area contributed by atoms with Crippen LogP contribution in [-0.4, -0.2) is 20.3 Å². The largest absolute Gasteiger partial charge is 0.496 e. The van der Waals surface area contributed by atoms with Gasteiger partial charge in [0.1, 0.15) is 11.3 Å². The summed E-state index contributed by atoms with van der Waals surface area (Å²) < 4.78 is 10.7. The predicted molar refractivity (Wildman–Crippen MR) is 62.3 cm³/mol. The molecule has 2 rings (SSSR count). The normalized spacial score (nSPS) is 18.0. The summed E-state index contributed by atoms with van der Waals surface area (Å²) in [6.45, 7) is 5.28. The molecule has 0 unspecified atom stereocenters. The van der Waals surface area contributed by atoms with Gasteiger partial charge >= 0.3 is 0 Å². The first-order chi connectivity index (χ1) is 7.63. The molecule has 0 aliphatic carbocycles. The number of benzene rings is 1. The average Bonchev–Trinajstić information content (AvgIpc) is 2.16. The highest BCUT2D eigenvalue weighted by molar-refractivity contribution is 5.48. The van der Waals surface area contributed by atoms with Crippen LogP contribution in [-0.2, 0) is 10.3 Å². The molecule has 1 aliphatic rings. The summed E-state index contributed by atoms with van der Waals surface area (Å²) in [6.07, 6.45) is 0. The molecule has 1 aliphatic heterocycles. The van der Waals surface area contributed by atoms with Crippen molar-refractivity contribution in [3.8, 4) is 5.75 Å². The number of nitrogens with one attached hydrogen (secondary N) is 1. The second kappa shape index (κ2) is 4.05. The molecule has 0 bridgehead atoms. The lowest BCUT2D eigenvalue weighted by atomic mass is 9.86. The van der Waals surface area contributed by atoms with Crippen molar-refractivity contribution in [3.63, 3.8) is 0 Å². The van der Waals surface area contributed by atoms with Gasteiger partial charge in [-0.2, -0.15) is 0 Å². The molecule has 1 heterocycles. The molecule has 1 fully saturated rings. The van der Waals surface area contributed by atoms with E-state index in [0.717, 1.165) is 16.9 Å². The maximum Gasteiger partial charge on any atom is 0.127 e.